The first-order valence-corrected chi connectivity index (χ1v) is 25.1. The first-order chi connectivity index (χ1) is 30.3. The maximum absolute atomic E-state index is 14.8. The normalized spacial score (nSPS) is 25.0. The van der Waals surface area contributed by atoms with Gasteiger partial charge in [0, 0.05) is 31.1 Å². The Morgan fingerprint density at radius 1 is 1.02 bits per heavy atom. The number of para-hydroxylation sites is 1. The second-order valence-electron chi connectivity index (χ2n) is 18.8. The van der Waals surface area contributed by atoms with Crippen molar-refractivity contribution < 1.29 is 63.3 Å². The number of nitrogens with two attached hydrogens (primary N) is 1. The van der Waals surface area contributed by atoms with E-state index in [1.165, 1.54) is 4.90 Å². The molecule has 3 heterocycles. The number of nitrogens with one attached hydrogen (secondary N) is 3. The highest BCUT2D eigenvalue weighted by Gasteiger charge is 2.62. The SMILES string of the molecule is CC1(OS(N)(=O)=O)CC1.CCOc1cc(O[C@@H]2C[C@@H](C(=O)N[C@]3(C(=O)NS(=O)(=O)OC4(C)CC4)C[C@H]3CC)N(C(=O)[C@@H](NC(=O)OC(C)(C)C)C3CCOCC3)C2)c2cccc(Cl)c2n1. The molecule has 5 atom stereocenters. The van der Waals surface area contributed by atoms with Gasteiger partial charge in [-0.05, 0) is 110 Å². The van der Waals surface area contributed by atoms with E-state index in [0.29, 0.717) is 73.6 Å². The number of hydrogen-bond acceptors (Lipinski definition) is 15. The van der Waals surface area contributed by atoms with Crippen molar-refractivity contribution >= 4 is 66.9 Å². The van der Waals surface area contributed by atoms with Crippen molar-refractivity contribution in [3.05, 3.63) is 29.3 Å². The summed E-state index contributed by atoms with van der Waals surface area (Å²) in [5, 5.41) is 11.2. The Labute approximate surface area is 385 Å². The Bertz CT molecular complexity index is 2350. The molecule has 2 saturated heterocycles. The zero-order valence-corrected chi connectivity index (χ0v) is 40.2. The highest BCUT2D eigenvalue weighted by Crippen LogP contribution is 2.47. The average Bonchev–Trinajstić information content (AvgIpc) is 4.16. The van der Waals surface area contributed by atoms with Crippen LogP contribution in [0.5, 0.6) is 11.6 Å². The number of alkyl carbamates (subject to hydrolysis) is 1. The van der Waals surface area contributed by atoms with Crippen LogP contribution in [0.2, 0.25) is 5.02 Å². The highest BCUT2D eigenvalue weighted by molar-refractivity contribution is 7.85. The highest BCUT2D eigenvalue weighted by atomic mass is 35.5. The van der Waals surface area contributed by atoms with E-state index in [0.717, 1.165) is 12.8 Å². The lowest BCUT2D eigenvalue weighted by atomic mass is 9.90. The number of nitrogens with zero attached hydrogens (tertiary/aromatic N) is 2. The van der Waals surface area contributed by atoms with Crippen LogP contribution in [0.15, 0.2) is 24.3 Å². The average molecular weight is 974 g/mol. The largest absolute Gasteiger partial charge is 0.488 e. The van der Waals surface area contributed by atoms with Crippen molar-refractivity contribution in [3.63, 3.8) is 0 Å². The number of likely N-dealkylation sites (tertiary alicyclic amines) is 1. The quantitative estimate of drug-likeness (QED) is 0.186. The molecule has 3 aliphatic carbocycles. The summed E-state index contributed by atoms with van der Waals surface area (Å²) >= 11 is 6.52. The molecule has 3 saturated carbocycles. The fourth-order valence-corrected chi connectivity index (χ4v) is 10.1. The van der Waals surface area contributed by atoms with E-state index < -0.39 is 85.0 Å². The van der Waals surface area contributed by atoms with Crippen LogP contribution in [-0.4, -0.2) is 117 Å². The lowest BCUT2D eigenvalue weighted by Gasteiger charge is -2.35. The zero-order chi connectivity index (χ0) is 47.8. The van der Waals surface area contributed by atoms with Gasteiger partial charge in [-0.25, -0.2) is 23.8 Å². The number of carbonyl (C=O) groups is 4. The van der Waals surface area contributed by atoms with Gasteiger partial charge in [-0.2, -0.15) is 16.8 Å². The third-order valence-electron chi connectivity index (χ3n) is 11.9. The third-order valence-corrected chi connectivity index (χ3v) is 13.9. The lowest BCUT2D eigenvalue weighted by Crippen LogP contribution is -2.59. The van der Waals surface area contributed by atoms with Crippen molar-refractivity contribution in [1.82, 2.24) is 25.2 Å². The predicted molar refractivity (Wildman–Crippen MR) is 236 cm³/mol. The molecule has 5 aliphatic rings. The van der Waals surface area contributed by atoms with Crippen LogP contribution in [0.25, 0.3) is 10.9 Å². The standard InChI is InChI=1S/C38H52ClN5O11S.C4H9NO3S/c1-7-23-20-38(23,34(47)43-56(49,50)55-37(6)14-15-37)42-32(45)27-18-24(53-28-19-29(52-8-2)40-31-25(28)10-9-11-26(31)39)21-44(27)33(46)30(22-12-16-51-17-13-22)41-35(48)54-36(3,4)5;1-4(2-3-4)8-9(5,6)7/h9-11,19,22-24,27,30H,7-8,12-18,20-21H2,1-6H3,(H,41,48)(H,42,45)(H,43,47);2-3H2,1H3,(H2,5,6,7)/t23-,24-,27+,30+,38-;/m1./s1. The summed E-state index contributed by atoms with van der Waals surface area (Å²) in [5.41, 5.74) is -3.31. The molecule has 7 rings (SSSR count). The van der Waals surface area contributed by atoms with E-state index in [1.807, 2.05) is 18.6 Å². The van der Waals surface area contributed by atoms with Gasteiger partial charge in [0.15, 0.2) is 0 Å². The van der Waals surface area contributed by atoms with Gasteiger partial charge in [-0.1, -0.05) is 31.0 Å². The first kappa shape index (κ1) is 50.4. The smallest absolute Gasteiger partial charge is 0.408 e. The number of carbonyl (C=O) groups excluding carboxylic acids is 4. The molecule has 362 valence electrons. The van der Waals surface area contributed by atoms with Crippen LogP contribution in [0.4, 0.5) is 4.79 Å². The molecule has 0 bridgehead atoms. The van der Waals surface area contributed by atoms with Crippen molar-refractivity contribution in [2.45, 2.75) is 147 Å². The molecule has 0 spiro atoms. The van der Waals surface area contributed by atoms with Gasteiger partial charge >= 0.3 is 26.7 Å². The van der Waals surface area contributed by atoms with Crippen LogP contribution in [-0.2, 0) is 52.8 Å². The Balaban J connectivity index is 0.000000694. The van der Waals surface area contributed by atoms with Crippen LogP contribution in [0.3, 0.4) is 0 Å². The molecule has 1 aromatic heterocycles. The van der Waals surface area contributed by atoms with Crippen LogP contribution in [0, 0.1) is 11.8 Å². The van der Waals surface area contributed by atoms with Gasteiger partial charge in [0.25, 0.3) is 5.91 Å². The Morgan fingerprint density at radius 3 is 2.22 bits per heavy atom. The Hall–Kier alpha value is -4.06. The number of rotatable bonds is 16. The Morgan fingerprint density at radius 2 is 1.66 bits per heavy atom. The second kappa shape index (κ2) is 19.3. The van der Waals surface area contributed by atoms with Gasteiger partial charge in [-0.3, -0.25) is 18.6 Å². The summed E-state index contributed by atoms with van der Waals surface area (Å²) < 4.78 is 81.2. The summed E-state index contributed by atoms with van der Waals surface area (Å²) in [6.45, 7) is 13.2. The first-order valence-electron chi connectivity index (χ1n) is 21.9. The number of aromatic nitrogens is 1. The third kappa shape index (κ3) is 13.3. The summed E-state index contributed by atoms with van der Waals surface area (Å²) in [6.07, 6.45) is 2.66. The number of ether oxygens (including phenoxy) is 4. The number of amides is 4. The molecule has 2 aromatic rings. The van der Waals surface area contributed by atoms with Gasteiger partial charge in [0.05, 0.1) is 34.9 Å². The summed E-state index contributed by atoms with van der Waals surface area (Å²) in [6, 6.07) is 4.59. The lowest BCUT2D eigenvalue weighted by molar-refractivity contribution is -0.142. The predicted octanol–water partition coefficient (Wildman–Crippen LogP) is 3.93. The van der Waals surface area contributed by atoms with Gasteiger partial charge in [-0.15, -0.1) is 0 Å². The number of fused-ring (bicyclic) bond motifs is 1. The topological polar surface area (TPSA) is 270 Å². The molecule has 23 heteroatoms. The van der Waals surface area contributed by atoms with Crippen molar-refractivity contribution in [3.8, 4) is 11.6 Å². The minimum Gasteiger partial charge on any atom is -0.488 e. The van der Waals surface area contributed by atoms with E-state index in [1.54, 1.807) is 58.9 Å². The minimum atomic E-state index is -4.47. The van der Waals surface area contributed by atoms with E-state index in [-0.39, 0.29) is 37.1 Å². The molecule has 1 aromatic carbocycles. The minimum absolute atomic E-state index is 0.00683. The van der Waals surface area contributed by atoms with Gasteiger partial charge < -0.3 is 34.5 Å². The van der Waals surface area contributed by atoms with E-state index in [9.17, 15) is 36.0 Å². The maximum Gasteiger partial charge on any atom is 0.408 e. The van der Waals surface area contributed by atoms with Crippen LogP contribution in [0.1, 0.15) is 106 Å². The van der Waals surface area contributed by atoms with E-state index >= 15 is 0 Å². The van der Waals surface area contributed by atoms with E-state index in [4.69, 9.17) is 34.7 Å². The zero-order valence-electron chi connectivity index (χ0n) is 37.8. The Kier molecular flexibility index (Phi) is 14.9. The summed E-state index contributed by atoms with van der Waals surface area (Å²) in [7, 11) is -8.19. The molecular formula is C42H61ClN6O14S2. The van der Waals surface area contributed by atoms with Crippen LogP contribution < -0.4 is 30.0 Å². The van der Waals surface area contributed by atoms with Crippen LogP contribution >= 0.6 is 11.6 Å². The fraction of sp³-hybridized carbons (Fsp3) is 0.690. The maximum atomic E-state index is 14.8. The monoisotopic (exact) mass is 972 g/mol. The summed E-state index contributed by atoms with van der Waals surface area (Å²) in [4.78, 5) is 62.0. The number of benzene rings is 1. The number of halogens is 1. The molecular weight excluding hydrogens is 912 g/mol. The molecule has 2 aliphatic heterocycles. The molecule has 4 amide bonds. The van der Waals surface area contributed by atoms with Crippen molar-refractivity contribution in [1.29, 1.82) is 0 Å². The summed E-state index contributed by atoms with van der Waals surface area (Å²) in [5.74, 6) is -2.20. The second-order valence-corrected chi connectivity index (χ2v) is 21.6. The van der Waals surface area contributed by atoms with Crippen molar-refractivity contribution in [2.24, 2.45) is 17.0 Å². The molecule has 5 N–H and O–H groups in total. The van der Waals surface area contributed by atoms with Crippen molar-refractivity contribution in [2.75, 3.05) is 26.4 Å². The molecule has 20 nitrogen and oxygen atoms in total. The molecule has 65 heavy (non-hydrogen) atoms. The fourth-order valence-electron chi connectivity index (χ4n) is 7.98. The molecule has 0 unspecified atom stereocenters. The van der Waals surface area contributed by atoms with E-state index in [2.05, 4.69) is 24.9 Å². The van der Waals surface area contributed by atoms with Gasteiger partial charge in [0.2, 0.25) is 17.7 Å². The van der Waals surface area contributed by atoms with Gasteiger partial charge in [0.1, 0.15) is 35.1 Å². The number of pyridine rings is 1. The molecule has 5 fully saturated rings. The molecule has 0 radical (unpaired) electrons. The number of hydrogen-bond donors (Lipinski definition) is 4.